The number of hydrogen-bond acceptors (Lipinski definition) is 9. The van der Waals surface area contributed by atoms with Crippen LogP contribution in [0.15, 0.2) is 54.6 Å². The highest BCUT2D eigenvalue weighted by Crippen LogP contribution is 2.55. The molecule has 4 aliphatic rings. The van der Waals surface area contributed by atoms with Gasteiger partial charge in [-0.1, -0.05) is 54.6 Å². The number of amides is 1. The second-order valence-electron chi connectivity index (χ2n) is 10.1. The molecule has 0 spiro atoms. The van der Waals surface area contributed by atoms with E-state index in [0.29, 0.717) is 6.42 Å². The number of hydrogen-bond donors (Lipinski definition) is 3. The third-order valence-corrected chi connectivity index (χ3v) is 7.82. The van der Waals surface area contributed by atoms with Crippen LogP contribution in [0.2, 0.25) is 0 Å². The number of phenols is 1. The average molecular weight is 523 g/mol. The fourth-order valence-corrected chi connectivity index (χ4v) is 6.15. The Kier molecular flexibility index (Phi) is 6.67. The number of rotatable bonds is 8. The van der Waals surface area contributed by atoms with Crippen molar-refractivity contribution in [2.24, 2.45) is 5.41 Å². The molecule has 0 aromatic heterocycles. The van der Waals surface area contributed by atoms with Gasteiger partial charge in [-0.15, -0.1) is 0 Å². The first-order valence-corrected chi connectivity index (χ1v) is 12.8. The predicted molar refractivity (Wildman–Crippen MR) is 133 cm³/mol. The highest BCUT2D eigenvalue weighted by Gasteiger charge is 2.74. The zero-order chi connectivity index (χ0) is 26.3. The maximum atomic E-state index is 13.5. The highest BCUT2D eigenvalue weighted by atomic mass is 16.8. The number of phenolic OH excluding ortho intramolecular Hbond substituents is 1. The number of benzene rings is 2. The Balaban J connectivity index is 1.25. The Bertz CT molecular complexity index is 1250. The first-order chi connectivity index (χ1) is 18.5. The molecule has 1 aliphatic carbocycles. The topological polar surface area (TPSA) is 127 Å². The van der Waals surface area contributed by atoms with Crippen LogP contribution in [0.1, 0.15) is 23.1 Å². The summed E-state index contributed by atoms with van der Waals surface area (Å²) in [7, 11) is 0. The minimum atomic E-state index is -1.22. The molecule has 3 N–H and O–H groups in total. The molecular formula is C28H30N2O8. The summed E-state index contributed by atoms with van der Waals surface area (Å²) in [6.07, 6.45) is 2.39. The van der Waals surface area contributed by atoms with E-state index in [1.807, 2.05) is 48.6 Å². The molecule has 3 saturated heterocycles. The lowest BCUT2D eigenvalue weighted by atomic mass is 9.62. The van der Waals surface area contributed by atoms with E-state index in [1.54, 1.807) is 12.1 Å². The van der Waals surface area contributed by atoms with Crippen LogP contribution in [0.5, 0.6) is 5.75 Å². The molecule has 200 valence electrons. The standard InChI is InChI=1S/C28H30N2O8/c31-12-11-29-27(34)28-14-21-22-23(36-16-35-22)25(28)38-30(24(28)26(33)37-21)15-18-7-3-5-17(13-18)6-4-9-19-8-1-2-10-20(19)32/h1-8,10,13,21-25,31-32H,9,11-12,14-16H2,(H,29,34). The molecular weight excluding hydrogens is 492 g/mol. The van der Waals surface area contributed by atoms with Crippen molar-refractivity contribution in [1.29, 1.82) is 0 Å². The molecule has 2 aromatic rings. The van der Waals surface area contributed by atoms with E-state index in [2.05, 4.69) is 5.32 Å². The van der Waals surface area contributed by atoms with Gasteiger partial charge in [-0.05, 0) is 29.2 Å². The molecule has 10 nitrogen and oxygen atoms in total. The molecule has 2 bridgehead atoms. The van der Waals surface area contributed by atoms with Crippen molar-refractivity contribution in [3.05, 3.63) is 71.3 Å². The van der Waals surface area contributed by atoms with Crippen molar-refractivity contribution < 1.29 is 38.9 Å². The number of esters is 1. The highest BCUT2D eigenvalue weighted by molar-refractivity contribution is 5.93. The Hall–Kier alpha value is -3.28. The van der Waals surface area contributed by atoms with Crippen LogP contribution in [0.4, 0.5) is 0 Å². The third-order valence-electron chi connectivity index (χ3n) is 7.82. The van der Waals surface area contributed by atoms with Crippen LogP contribution in [-0.4, -0.2) is 77.6 Å². The van der Waals surface area contributed by atoms with Crippen LogP contribution in [-0.2, 0) is 41.6 Å². The van der Waals surface area contributed by atoms with Gasteiger partial charge < -0.3 is 29.7 Å². The fourth-order valence-electron chi connectivity index (χ4n) is 6.15. The number of carbonyl (C=O) groups is 2. The van der Waals surface area contributed by atoms with Gasteiger partial charge in [0, 0.05) is 13.0 Å². The van der Waals surface area contributed by atoms with E-state index < -0.39 is 41.8 Å². The number of fused-ring (bicyclic) bond motifs is 4. The van der Waals surface area contributed by atoms with E-state index in [1.165, 1.54) is 5.06 Å². The average Bonchev–Trinajstić information content (AvgIpc) is 3.53. The molecule has 6 rings (SSSR count). The molecule has 1 amide bonds. The van der Waals surface area contributed by atoms with Gasteiger partial charge in [0.05, 0.1) is 13.2 Å². The van der Waals surface area contributed by atoms with Crippen molar-refractivity contribution >= 4 is 18.0 Å². The Morgan fingerprint density at radius 1 is 1.16 bits per heavy atom. The first kappa shape index (κ1) is 25.0. The fraction of sp³-hybridized carbons (Fsp3) is 0.429. The summed E-state index contributed by atoms with van der Waals surface area (Å²) in [4.78, 5) is 33.2. The minimum absolute atomic E-state index is 0.0391. The second kappa shape index (κ2) is 10.1. The molecule has 10 heteroatoms. The normalized spacial score (nSPS) is 31.8. The number of aliphatic hydroxyl groups excluding tert-OH is 1. The van der Waals surface area contributed by atoms with E-state index in [4.69, 9.17) is 19.0 Å². The van der Waals surface area contributed by atoms with E-state index in [9.17, 15) is 19.8 Å². The summed E-state index contributed by atoms with van der Waals surface area (Å²) in [5.41, 5.74) is 1.45. The van der Waals surface area contributed by atoms with Gasteiger partial charge in [0.2, 0.25) is 5.91 Å². The van der Waals surface area contributed by atoms with E-state index in [0.717, 1.165) is 16.7 Å². The number of ether oxygens (including phenoxy) is 3. The predicted octanol–water partition coefficient (Wildman–Crippen LogP) is 1.30. The Labute approximate surface area is 219 Å². The van der Waals surface area contributed by atoms with Gasteiger partial charge in [0.15, 0.2) is 6.04 Å². The maximum absolute atomic E-state index is 13.5. The number of aromatic hydroxyl groups is 1. The van der Waals surface area contributed by atoms with Crippen molar-refractivity contribution in [2.75, 3.05) is 19.9 Å². The summed E-state index contributed by atoms with van der Waals surface area (Å²) < 4.78 is 17.3. The van der Waals surface area contributed by atoms with Crippen LogP contribution in [0.25, 0.3) is 6.08 Å². The second-order valence-corrected chi connectivity index (χ2v) is 10.1. The summed E-state index contributed by atoms with van der Waals surface area (Å²) >= 11 is 0. The van der Waals surface area contributed by atoms with Gasteiger partial charge in [0.25, 0.3) is 0 Å². The lowest BCUT2D eigenvalue weighted by Crippen LogP contribution is -2.69. The maximum Gasteiger partial charge on any atom is 0.327 e. The quantitative estimate of drug-likeness (QED) is 0.440. The van der Waals surface area contributed by atoms with Crippen LogP contribution in [0.3, 0.4) is 0 Å². The molecule has 6 unspecified atom stereocenters. The molecule has 0 radical (unpaired) electrons. The van der Waals surface area contributed by atoms with Crippen molar-refractivity contribution in [3.63, 3.8) is 0 Å². The zero-order valence-electron chi connectivity index (χ0n) is 20.7. The van der Waals surface area contributed by atoms with E-state index >= 15 is 0 Å². The van der Waals surface area contributed by atoms with Crippen LogP contribution in [0, 0.1) is 5.41 Å². The summed E-state index contributed by atoms with van der Waals surface area (Å²) in [6.45, 7) is 0.137. The number of para-hydroxylation sites is 1. The lowest BCUT2D eigenvalue weighted by Gasteiger charge is -2.48. The monoisotopic (exact) mass is 522 g/mol. The smallest absolute Gasteiger partial charge is 0.327 e. The number of nitrogens with zero attached hydrogens (tertiary/aromatic N) is 1. The Morgan fingerprint density at radius 3 is 2.84 bits per heavy atom. The van der Waals surface area contributed by atoms with Crippen LogP contribution < -0.4 is 5.32 Å². The number of aliphatic hydroxyl groups is 1. The largest absolute Gasteiger partial charge is 0.508 e. The van der Waals surface area contributed by atoms with Gasteiger partial charge in [-0.2, -0.15) is 5.06 Å². The number of hydroxylamine groups is 2. The number of allylic oxidation sites excluding steroid dienone is 1. The van der Waals surface area contributed by atoms with E-state index in [-0.39, 0.29) is 44.6 Å². The van der Waals surface area contributed by atoms with Crippen molar-refractivity contribution in [3.8, 4) is 5.75 Å². The van der Waals surface area contributed by atoms with Gasteiger partial charge >= 0.3 is 5.97 Å². The number of nitrogens with one attached hydrogen (secondary N) is 1. The molecule has 4 fully saturated rings. The van der Waals surface area contributed by atoms with Crippen molar-refractivity contribution in [1.82, 2.24) is 10.4 Å². The number of carbonyl (C=O) groups excluding carboxylic acids is 2. The first-order valence-electron chi connectivity index (χ1n) is 12.8. The van der Waals surface area contributed by atoms with Gasteiger partial charge in [-0.3, -0.25) is 14.4 Å². The molecule has 3 aliphatic heterocycles. The molecule has 2 aromatic carbocycles. The third kappa shape index (κ3) is 4.18. The summed E-state index contributed by atoms with van der Waals surface area (Å²) in [6, 6.07) is 14.1. The zero-order valence-corrected chi connectivity index (χ0v) is 20.7. The minimum Gasteiger partial charge on any atom is -0.508 e. The van der Waals surface area contributed by atoms with Crippen LogP contribution >= 0.6 is 0 Å². The summed E-state index contributed by atoms with van der Waals surface area (Å²) in [5.74, 6) is -0.632. The molecule has 38 heavy (non-hydrogen) atoms. The molecule has 3 heterocycles. The molecule has 6 atom stereocenters. The van der Waals surface area contributed by atoms with Gasteiger partial charge in [0.1, 0.15) is 42.4 Å². The lowest BCUT2D eigenvalue weighted by molar-refractivity contribution is -0.201. The summed E-state index contributed by atoms with van der Waals surface area (Å²) in [5, 5.41) is 23.6. The van der Waals surface area contributed by atoms with Gasteiger partial charge in [-0.25, -0.2) is 0 Å². The van der Waals surface area contributed by atoms with Crippen molar-refractivity contribution in [2.45, 2.75) is 49.8 Å². The molecule has 1 saturated carbocycles. The SMILES string of the molecule is O=C1OC2CC3(C(=O)NCCO)C(ON(Cc4cccc(C=CCc5ccccc5O)c4)C13)C1OCOC21. The Morgan fingerprint density at radius 2 is 2.00 bits per heavy atom.